The van der Waals surface area contributed by atoms with Crippen LogP contribution in [0, 0.1) is 11.7 Å². The number of morpholine rings is 1. The molecular formula is C18H21FN4O2. The van der Waals surface area contributed by atoms with Crippen LogP contribution in [0.25, 0.3) is 0 Å². The second-order valence-electron chi connectivity index (χ2n) is 6.58. The zero-order chi connectivity index (χ0) is 17.1. The van der Waals surface area contributed by atoms with Crippen molar-refractivity contribution in [2.24, 2.45) is 5.92 Å². The predicted octanol–water partition coefficient (Wildman–Crippen LogP) is 2.21. The van der Waals surface area contributed by atoms with E-state index in [1.807, 2.05) is 12.1 Å². The van der Waals surface area contributed by atoms with Gasteiger partial charge >= 0.3 is 0 Å². The Bertz CT molecular complexity index is 685. The molecule has 1 saturated heterocycles. The first kappa shape index (κ1) is 16.4. The van der Waals surface area contributed by atoms with E-state index in [4.69, 9.17) is 9.47 Å². The van der Waals surface area contributed by atoms with E-state index in [2.05, 4.69) is 19.9 Å². The van der Waals surface area contributed by atoms with Crippen molar-refractivity contribution in [3.05, 3.63) is 48.3 Å². The molecule has 7 heteroatoms. The molecule has 2 fully saturated rings. The van der Waals surface area contributed by atoms with E-state index in [9.17, 15) is 4.39 Å². The van der Waals surface area contributed by atoms with Gasteiger partial charge in [0.25, 0.3) is 0 Å². The maximum absolute atomic E-state index is 13.1. The van der Waals surface area contributed by atoms with Crippen LogP contribution in [0.2, 0.25) is 0 Å². The van der Waals surface area contributed by atoms with Gasteiger partial charge in [-0.15, -0.1) is 0 Å². The summed E-state index contributed by atoms with van der Waals surface area (Å²) >= 11 is 0. The van der Waals surface area contributed by atoms with Crippen LogP contribution in [0.5, 0.6) is 0 Å². The Kier molecular flexibility index (Phi) is 4.85. The number of rotatable bonds is 5. The lowest BCUT2D eigenvalue weighted by atomic mass is 10.1. The zero-order valence-electron chi connectivity index (χ0n) is 13.9. The molecular weight excluding hydrogens is 323 g/mol. The number of anilines is 1. The van der Waals surface area contributed by atoms with Crippen molar-refractivity contribution in [1.29, 1.82) is 0 Å². The molecule has 0 N–H and O–H groups in total. The molecule has 1 aliphatic heterocycles. The number of hydrogen-bond acceptors (Lipinski definition) is 6. The summed E-state index contributed by atoms with van der Waals surface area (Å²) in [6.45, 7) is 2.68. The molecule has 0 unspecified atom stereocenters. The molecule has 2 aliphatic rings. The van der Waals surface area contributed by atoms with Crippen molar-refractivity contribution >= 4 is 5.95 Å². The molecule has 2 aromatic heterocycles. The van der Waals surface area contributed by atoms with Gasteiger partial charge in [0.2, 0.25) is 5.95 Å². The first-order chi connectivity index (χ1) is 12.3. The minimum atomic E-state index is -0.414. The fourth-order valence-electron chi connectivity index (χ4n) is 3.71. The van der Waals surface area contributed by atoms with Gasteiger partial charge in [0.15, 0.2) is 5.82 Å². The standard InChI is InChI=1S/C18H21FN4O2/c19-15-9-21-18(22-10-15)23-5-6-25-17-8-14(7-16(17)23)12-24-11-13-1-3-20-4-2-13/h1-4,9-10,14,16-17H,5-8,11-12H2/t14-,16+,17+/m0/s1. The van der Waals surface area contributed by atoms with Crippen molar-refractivity contribution in [2.75, 3.05) is 24.7 Å². The summed E-state index contributed by atoms with van der Waals surface area (Å²) in [5.41, 5.74) is 1.13. The minimum Gasteiger partial charge on any atom is -0.376 e. The fourth-order valence-corrected chi connectivity index (χ4v) is 3.71. The van der Waals surface area contributed by atoms with Crippen molar-refractivity contribution in [3.8, 4) is 0 Å². The second kappa shape index (κ2) is 7.41. The van der Waals surface area contributed by atoms with Gasteiger partial charge in [-0.2, -0.15) is 0 Å². The van der Waals surface area contributed by atoms with Crippen molar-refractivity contribution < 1.29 is 13.9 Å². The first-order valence-corrected chi connectivity index (χ1v) is 8.62. The van der Waals surface area contributed by atoms with Crippen LogP contribution in [0.15, 0.2) is 36.9 Å². The highest BCUT2D eigenvalue weighted by molar-refractivity contribution is 5.33. The quantitative estimate of drug-likeness (QED) is 0.829. The lowest BCUT2D eigenvalue weighted by Gasteiger charge is -2.37. The van der Waals surface area contributed by atoms with Gasteiger partial charge in [0.05, 0.1) is 44.4 Å². The molecule has 0 radical (unpaired) electrons. The maximum atomic E-state index is 13.1. The Labute approximate surface area is 146 Å². The molecule has 6 nitrogen and oxygen atoms in total. The Morgan fingerprint density at radius 1 is 1.20 bits per heavy atom. The molecule has 1 saturated carbocycles. The topological polar surface area (TPSA) is 60.4 Å². The second-order valence-corrected chi connectivity index (χ2v) is 6.58. The molecule has 0 amide bonds. The summed E-state index contributed by atoms with van der Waals surface area (Å²) in [4.78, 5) is 14.4. The normalized spacial score (nSPS) is 25.8. The lowest BCUT2D eigenvalue weighted by molar-refractivity contribution is 0.0200. The Hall–Kier alpha value is -2.12. The van der Waals surface area contributed by atoms with Crippen molar-refractivity contribution in [2.45, 2.75) is 31.6 Å². The van der Waals surface area contributed by atoms with Crippen molar-refractivity contribution in [1.82, 2.24) is 15.0 Å². The number of pyridine rings is 1. The van der Waals surface area contributed by atoms with E-state index >= 15 is 0 Å². The number of ether oxygens (including phenoxy) is 2. The van der Waals surface area contributed by atoms with Gasteiger partial charge in [-0.1, -0.05) is 0 Å². The molecule has 4 rings (SSSR count). The van der Waals surface area contributed by atoms with Gasteiger partial charge in [-0.3, -0.25) is 4.98 Å². The maximum Gasteiger partial charge on any atom is 0.225 e. The van der Waals surface area contributed by atoms with Gasteiger partial charge in [-0.05, 0) is 36.5 Å². The Morgan fingerprint density at radius 2 is 2.00 bits per heavy atom. The van der Waals surface area contributed by atoms with Gasteiger partial charge < -0.3 is 14.4 Å². The van der Waals surface area contributed by atoms with Crippen LogP contribution < -0.4 is 4.90 Å². The SMILES string of the molecule is Fc1cnc(N2CCO[C@@H]3C[C@@H](COCc4ccncc4)C[C@H]32)nc1. The Balaban J connectivity index is 1.35. The number of halogens is 1. The Morgan fingerprint density at radius 3 is 2.80 bits per heavy atom. The van der Waals surface area contributed by atoms with E-state index < -0.39 is 5.82 Å². The third-order valence-electron chi connectivity index (χ3n) is 4.87. The molecule has 0 spiro atoms. The van der Waals surface area contributed by atoms with E-state index in [0.29, 0.717) is 31.7 Å². The van der Waals surface area contributed by atoms with Gasteiger partial charge in [0.1, 0.15) is 0 Å². The van der Waals surface area contributed by atoms with Crippen LogP contribution in [-0.2, 0) is 16.1 Å². The van der Waals surface area contributed by atoms with E-state index in [1.165, 1.54) is 12.4 Å². The predicted molar refractivity (Wildman–Crippen MR) is 89.5 cm³/mol. The van der Waals surface area contributed by atoms with Crippen LogP contribution in [0.3, 0.4) is 0 Å². The molecule has 1 aliphatic carbocycles. The largest absolute Gasteiger partial charge is 0.376 e. The smallest absolute Gasteiger partial charge is 0.225 e. The highest BCUT2D eigenvalue weighted by Gasteiger charge is 2.42. The molecule has 3 heterocycles. The van der Waals surface area contributed by atoms with Crippen LogP contribution in [0.1, 0.15) is 18.4 Å². The highest BCUT2D eigenvalue weighted by atomic mass is 19.1. The minimum absolute atomic E-state index is 0.164. The average molecular weight is 344 g/mol. The van der Waals surface area contributed by atoms with Gasteiger partial charge in [0, 0.05) is 18.9 Å². The summed E-state index contributed by atoms with van der Waals surface area (Å²) < 4.78 is 24.9. The van der Waals surface area contributed by atoms with E-state index in [-0.39, 0.29) is 12.1 Å². The molecule has 0 bridgehead atoms. The monoisotopic (exact) mass is 344 g/mol. The summed E-state index contributed by atoms with van der Waals surface area (Å²) in [6.07, 6.45) is 8.10. The number of aromatic nitrogens is 3. The average Bonchev–Trinajstić information content (AvgIpc) is 3.06. The van der Waals surface area contributed by atoms with E-state index in [1.54, 1.807) is 12.4 Å². The van der Waals surface area contributed by atoms with E-state index in [0.717, 1.165) is 24.9 Å². The van der Waals surface area contributed by atoms with Crippen LogP contribution >= 0.6 is 0 Å². The van der Waals surface area contributed by atoms with Crippen LogP contribution in [-0.4, -0.2) is 46.9 Å². The third-order valence-corrected chi connectivity index (χ3v) is 4.87. The number of hydrogen-bond donors (Lipinski definition) is 0. The number of fused-ring (bicyclic) bond motifs is 1. The van der Waals surface area contributed by atoms with Gasteiger partial charge in [-0.25, -0.2) is 14.4 Å². The van der Waals surface area contributed by atoms with Crippen LogP contribution in [0.4, 0.5) is 10.3 Å². The fraction of sp³-hybridized carbons (Fsp3) is 0.500. The molecule has 0 aromatic carbocycles. The summed E-state index contributed by atoms with van der Waals surface area (Å²) in [5.74, 6) is 0.610. The molecule has 132 valence electrons. The third kappa shape index (κ3) is 3.77. The summed E-state index contributed by atoms with van der Waals surface area (Å²) in [6, 6.07) is 4.16. The van der Waals surface area contributed by atoms with Crippen molar-refractivity contribution in [3.63, 3.8) is 0 Å². The highest BCUT2D eigenvalue weighted by Crippen LogP contribution is 2.35. The number of nitrogens with zero attached hydrogens (tertiary/aromatic N) is 4. The lowest BCUT2D eigenvalue weighted by Crippen LogP contribution is -2.49. The summed E-state index contributed by atoms with van der Waals surface area (Å²) in [5, 5.41) is 0. The molecule has 2 aromatic rings. The molecule has 25 heavy (non-hydrogen) atoms. The summed E-state index contributed by atoms with van der Waals surface area (Å²) in [7, 11) is 0. The molecule has 3 atom stereocenters. The zero-order valence-corrected chi connectivity index (χ0v) is 13.9. The first-order valence-electron chi connectivity index (χ1n) is 8.62.